The Hall–Kier alpha value is -2.24. The maximum absolute atomic E-state index is 12.0. The Morgan fingerprint density at radius 2 is 1.90 bits per heavy atom. The van der Waals surface area contributed by atoms with Crippen LogP contribution in [-0.2, 0) is 9.59 Å². The molecule has 0 aliphatic heterocycles. The number of carboxylic acids is 1. The molecule has 0 radical (unpaired) electrons. The van der Waals surface area contributed by atoms with Gasteiger partial charge in [-0.1, -0.05) is 6.07 Å². The number of benzene rings is 1. The minimum Gasteiger partial charge on any atom is -0.493 e. The summed E-state index contributed by atoms with van der Waals surface area (Å²) in [6, 6.07) is 5.18. The molecule has 1 aromatic rings. The highest BCUT2D eigenvalue weighted by Gasteiger charge is 2.48. The van der Waals surface area contributed by atoms with Crippen LogP contribution in [0, 0.1) is 11.8 Å². The lowest BCUT2D eigenvalue weighted by Crippen LogP contribution is -2.29. The lowest BCUT2D eigenvalue weighted by atomic mass is 10.1. The Morgan fingerprint density at radius 3 is 2.43 bits per heavy atom. The van der Waals surface area contributed by atoms with Crippen molar-refractivity contribution in [2.75, 3.05) is 14.2 Å². The summed E-state index contributed by atoms with van der Waals surface area (Å²) in [6.07, 6.45) is 0.416. The normalized spacial score (nSPS) is 21.3. The summed E-state index contributed by atoms with van der Waals surface area (Å²) < 4.78 is 10.4. The van der Waals surface area contributed by atoms with Gasteiger partial charge in [-0.2, -0.15) is 0 Å². The van der Waals surface area contributed by atoms with Crippen molar-refractivity contribution in [3.8, 4) is 11.5 Å². The lowest BCUT2D eigenvalue weighted by molar-refractivity contribution is -0.140. The Labute approximate surface area is 123 Å². The summed E-state index contributed by atoms with van der Waals surface area (Å²) in [5.74, 6) is -0.870. The van der Waals surface area contributed by atoms with E-state index < -0.39 is 17.8 Å². The second-order valence-electron chi connectivity index (χ2n) is 5.13. The molecule has 0 spiro atoms. The van der Waals surface area contributed by atoms with Gasteiger partial charge in [0.2, 0.25) is 5.91 Å². The zero-order chi connectivity index (χ0) is 15.6. The Balaban J connectivity index is 2.02. The van der Waals surface area contributed by atoms with Crippen LogP contribution >= 0.6 is 0 Å². The van der Waals surface area contributed by atoms with Crippen LogP contribution in [0.25, 0.3) is 0 Å². The van der Waals surface area contributed by atoms with E-state index in [1.165, 1.54) is 0 Å². The fraction of sp³-hybridized carbons (Fsp3) is 0.467. The molecule has 2 N–H and O–H groups in total. The molecule has 6 nitrogen and oxygen atoms in total. The summed E-state index contributed by atoms with van der Waals surface area (Å²) in [7, 11) is 3.11. The van der Waals surface area contributed by atoms with Crippen LogP contribution in [-0.4, -0.2) is 31.2 Å². The summed E-state index contributed by atoms with van der Waals surface area (Å²) in [6.45, 7) is 1.84. The fourth-order valence-corrected chi connectivity index (χ4v) is 2.28. The largest absolute Gasteiger partial charge is 0.493 e. The van der Waals surface area contributed by atoms with Crippen molar-refractivity contribution < 1.29 is 24.2 Å². The standard InChI is InChI=1S/C15H19NO5/c1-8(16-14(17)10-7-11(10)15(18)19)9-4-5-12(20-2)13(6-9)21-3/h4-6,8,10-11H,7H2,1-3H3,(H,16,17)(H,18,19)/t8-,10+,11-/m0/s1. The fourth-order valence-electron chi connectivity index (χ4n) is 2.28. The zero-order valence-electron chi connectivity index (χ0n) is 12.3. The molecule has 1 saturated carbocycles. The van der Waals surface area contributed by atoms with Gasteiger partial charge in [-0.05, 0) is 31.0 Å². The quantitative estimate of drug-likeness (QED) is 0.832. The number of amides is 1. The van der Waals surface area contributed by atoms with E-state index in [2.05, 4.69) is 5.32 Å². The van der Waals surface area contributed by atoms with Crippen LogP contribution < -0.4 is 14.8 Å². The van der Waals surface area contributed by atoms with Crippen LogP contribution in [0.1, 0.15) is 24.9 Å². The minimum atomic E-state index is -0.908. The molecule has 1 fully saturated rings. The SMILES string of the molecule is COc1ccc([C@H](C)NC(=O)[C@@H]2C[C@@H]2C(=O)O)cc1OC. The van der Waals surface area contributed by atoms with E-state index in [1.54, 1.807) is 26.4 Å². The number of hydrogen-bond acceptors (Lipinski definition) is 4. The number of carbonyl (C=O) groups is 2. The molecule has 1 aliphatic carbocycles. The van der Waals surface area contributed by atoms with E-state index in [4.69, 9.17) is 14.6 Å². The number of methoxy groups -OCH3 is 2. The molecule has 1 aromatic carbocycles. The third-order valence-corrected chi connectivity index (χ3v) is 3.71. The van der Waals surface area contributed by atoms with Gasteiger partial charge in [0, 0.05) is 0 Å². The highest BCUT2D eigenvalue weighted by atomic mass is 16.5. The maximum Gasteiger partial charge on any atom is 0.307 e. The van der Waals surface area contributed by atoms with Crippen LogP contribution in [0.15, 0.2) is 18.2 Å². The summed E-state index contributed by atoms with van der Waals surface area (Å²) in [4.78, 5) is 22.7. The number of carbonyl (C=O) groups excluding carboxylic acids is 1. The van der Waals surface area contributed by atoms with Crippen molar-refractivity contribution in [2.24, 2.45) is 11.8 Å². The smallest absolute Gasteiger partial charge is 0.307 e. The lowest BCUT2D eigenvalue weighted by Gasteiger charge is -2.16. The first-order valence-electron chi connectivity index (χ1n) is 6.73. The summed E-state index contributed by atoms with van der Waals surface area (Å²) >= 11 is 0. The minimum absolute atomic E-state index is 0.218. The van der Waals surface area contributed by atoms with Gasteiger partial charge < -0.3 is 19.9 Å². The predicted molar refractivity (Wildman–Crippen MR) is 75.3 cm³/mol. The van der Waals surface area contributed by atoms with Crippen LogP contribution in [0.5, 0.6) is 11.5 Å². The van der Waals surface area contributed by atoms with Crippen molar-refractivity contribution >= 4 is 11.9 Å². The van der Waals surface area contributed by atoms with Gasteiger partial charge in [-0.3, -0.25) is 9.59 Å². The number of ether oxygens (including phenoxy) is 2. The summed E-state index contributed by atoms with van der Waals surface area (Å²) in [5, 5.41) is 11.7. The van der Waals surface area contributed by atoms with Crippen molar-refractivity contribution in [3.05, 3.63) is 23.8 Å². The number of rotatable bonds is 6. The monoisotopic (exact) mass is 293 g/mol. The number of aliphatic carboxylic acids is 1. The molecule has 3 atom stereocenters. The molecule has 6 heteroatoms. The number of nitrogens with one attached hydrogen (secondary N) is 1. The van der Waals surface area contributed by atoms with Crippen LogP contribution in [0.3, 0.4) is 0 Å². The van der Waals surface area contributed by atoms with Gasteiger partial charge in [0.15, 0.2) is 11.5 Å². The molecule has 0 heterocycles. The molecule has 0 unspecified atom stereocenters. The third kappa shape index (κ3) is 3.26. The average molecular weight is 293 g/mol. The third-order valence-electron chi connectivity index (χ3n) is 3.71. The van der Waals surface area contributed by atoms with Gasteiger partial charge in [-0.15, -0.1) is 0 Å². The number of hydrogen-bond donors (Lipinski definition) is 2. The van der Waals surface area contributed by atoms with E-state index in [0.717, 1.165) is 5.56 Å². The maximum atomic E-state index is 12.0. The molecule has 0 aromatic heterocycles. The predicted octanol–water partition coefficient (Wildman–Crippen LogP) is 1.60. The van der Waals surface area contributed by atoms with Gasteiger partial charge in [-0.25, -0.2) is 0 Å². The van der Waals surface area contributed by atoms with E-state index in [9.17, 15) is 9.59 Å². The van der Waals surface area contributed by atoms with E-state index >= 15 is 0 Å². The van der Waals surface area contributed by atoms with E-state index in [1.807, 2.05) is 13.0 Å². The van der Waals surface area contributed by atoms with Crippen molar-refractivity contribution in [1.82, 2.24) is 5.32 Å². The summed E-state index contributed by atoms with van der Waals surface area (Å²) in [5.41, 5.74) is 0.869. The molecular formula is C15H19NO5. The van der Waals surface area contributed by atoms with Crippen molar-refractivity contribution in [3.63, 3.8) is 0 Å². The second kappa shape index (κ2) is 6.03. The first kappa shape index (κ1) is 15.2. The topological polar surface area (TPSA) is 84.9 Å². The molecular weight excluding hydrogens is 274 g/mol. The average Bonchev–Trinajstić information content (AvgIpc) is 3.27. The van der Waals surface area contributed by atoms with Gasteiger partial charge in [0.1, 0.15) is 0 Å². The van der Waals surface area contributed by atoms with Crippen LogP contribution in [0.4, 0.5) is 0 Å². The molecule has 114 valence electrons. The Kier molecular flexibility index (Phi) is 4.35. The van der Waals surface area contributed by atoms with Crippen molar-refractivity contribution in [2.45, 2.75) is 19.4 Å². The molecule has 21 heavy (non-hydrogen) atoms. The van der Waals surface area contributed by atoms with E-state index in [-0.39, 0.29) is 11.9 Å². The first-order valence-corrected chi connectivity index (χ1v) is 6.73. The Bertz CT molecular complexity index is 557. The molecule has 0 bridgehead atoms. The Morgan fingerprint density at radius 1 is 1.24 bits per heavy atom. The van der Waals surface area contributed by atoms with Crippen molar-refractivity contribution in [1.29, 1.82) is 0 Å². The van der Waals surface area contributed by atoms with Crippen LogP contribution in [0.2, 0.25) is 0 Å². The van der Waals surface area contributed by atoms with Gasteiger partial charge in [0.05, 0.1) is 32.1 Å². The molecule has 1 aliphatic rings. The number of carboxylic acid groups (broad SMARTS) is 1. The highest BCUT2D eigenvalue weighted by Crippen LogP contribution is 2.39. The van der Waals surface area contributed by atoms with E-state index in [0.29, 0.717) is 17.9 Å². The van der Waals surface area contributed by atoms with Gasteiger partial charge in [0.25, 0.3) is 0 Å². The highest BCUT2D eigenvalue weighted by molar-refractivity contribution is 5.89. The molecule has 1 amide bonds. The second-order valence-corrected chi connectivity index (χ2v) is 5.13. The molecule has 2 rings (SSSR count). The first-order chi connectivity index (χ1) is 9.97. The zero-order valence-corrected chi connectivity index (χ0v) is 12.3. The molecule has 0 saturated heterocycles. The van der Waals surface area contributed by atoms with Gasteiger partial charge >= 0.3 is 5.97 Å².